The maximum absolute atomic E-state index is 12.4. The van der Waals surface area contributed by atoms with Gasteiger partial charge in [0.25, 0.3) is 5.69 Å². The van der Waals surface area contributed by atoms with Crippen LogP contribution in [-0.4, -0.2) is 41.9 Å². The number of nitro groups is 1. The number of carbonyl (C=O) groups is 1. The van der Waals surface area contributed by atoms with Gasteiger partial charge in [-0.1, -0.05) is 25.0 Å². The van der Waals surface area contributed by atoms with E-state index in [4.69, 9.17) is 0 Å². The van der Waals surface area contributed by atoms with Crippen LogP contribution in [0.4, 0.5) is 11.4 Å². The topological polar surface area (TPSA) is 66.7 Å². The van der Waals surface area contributed by atoms with E-state index in [0.717, 1.165) is 0 Å². The van der Waals surface area contributed by atoms with Gasteiger partial charge in [-0.25, -0.2) is 0 Å². The summed E-state index contributed by atoms with van der Waals surface area (Å²) in [7, 11) is 0. The summed E-state index contributed by atoms with van der Waals surface area (Å²) >= 11 is 0. The Bertz CT molecular complexity index is 576. The first-order valence-corrected chi connectivity index (χ1v) is 8.41. The predicted molar refractivity (Wildman–Crippen MR) is 88.5 cm³/mol. The van der Waals surface area contributed by atoms with Crippen molar-refractivity contribution < 1.29 is 9.72 Å². The first kappa shape index (κ1) is 15.8. The second-order valence-electron chi connectivity index (χ2n) is 6.47. The standard InChI is InChI=1S/C17H23N3O3/c21-17(13-14-5-1-2-6-14)19-11-9-18(10-12-19)15-7-3-4-8-16(15)20(22)23/h3-4,7-8,14H,1-2,5-6,9-13H2. The van der Waals surface area contributed by atoms with Crippen molar-refractivity contribution in [3.63, 3.8) is 0 Å². The van der Waals surface area contributed by atoms with E-state index < -0.39 is 0 Å². The van der Waals surface area contributed by atoms with Gasteiger partial charge >= 0.3 is 0 Å². The third-order valence-electron chi connectivity index (χ3n) is 4.99. The lowest BCUT2D eigenvalue weighted by Crippen LogP contribution is -2.49. The van der Waals surface area contributed by atoms with Crippen molar-refractivity contribution in [1.82, 2.24) is 4.90 Å². The summed E-state index contributed by atoms with van der Waals surface area (Å²) in [5.41, 5.74) is 0.790. The molecule has 1 amide bonds. The molecule has 0 bridgehead atoms. The first-order valence-electron chi connectivity index (χ1n) is 8.41. The number of hydrogen-bond acceptors (Lipinski definition) is 4. The van der Waals surface area contributed by atoms with Crippen molar-refractivity contribution in [3.05, 3.63) is 34.4 Å². The maximum atomic E-state index is 12.4. The van der Waals surface area contributed by atoms with Gasteiger partial charge in [0.2, 0.25) is 5.91 Å². The van der Waals surface area contributed by atoms with E-state index in [9.17, 15) is 14.9 Å². The van der Waals surface area contributed by atoms with Crippen molar-refractivity contribution in [3.8, 4) is 0 Å². The highest BCUT2D eigenvalue weighted by molar-refractivity contribution is 5.77. The molecule has 1 saturated heterocycles. The first-order chi connectivity index (χ1) is 11.1. The molecule has 6 heteroatoms. The molecule has 6 nitrogen and oxygen atoms in total. The molecule has 1 aliphatic heterocycles. The number of nitro benzene ring substituents is 1. The van der Waals surface area contributed by atoms with Crippen LogP contribution in [0.1, 0.15) is 32.1 Å². The molecule has 0 radical (unpaired) electrons. The second-order valence-corrected chi connectivity index (χ2v) is 6.47. The zero-order chi connectivity index (χ0) is 16.2. The second kappa shape index (κ2) is 6.98. The zero-order valence-corrected chi connectivity index (χ0v) is 13.3. The number of amides is 1. The molecule has 1 saturated carbocycles. The van der Waals surface area contributed by atoms with Crippen LogP contribution in [0, 0.1) is 16.0 Å². The summed E-state index contributed by atoms with van der Waals surface area (Å²) in [6, 6.07) is 6.82. The largest absolute Gasteiger partial charge is 0.362 e. The number of rotatable bonds is 4. The van der Waals surface area contributed by atoms with Crippen molar-refractivity contribution >= 4 is 17.3 Å². The molecular weight excluding hydrogens is 294 g/mol. The van der Waals surface area contributed by atoms with E-state index >= 15 is 0 Å². The van der Waals surface area contributed by atoms with E-state index in [-0.39, 0.29) is 16.5 Å². The summed E-state index contributed by atoms with van der Waals surface area (Å²) < 4.78 is 0. The van der Waals surface area contributed by atoms with Gasteiger partial charge < -0.3 is 9.80 Å². The van der Waals surface area contributed by atoms with Gasteiger partial charge in [-0.2, -0.15) is 0 Å². The summed E-state index contributed by atoms with van der Waals surface area (Å²) in [6.07, 6.45) is 5.54. The van der Waals surface area contributed by atoms with Crippen LogP contribution in [0.15, 0.2) is 24.3 Å². The average molecular weight is 317 g/mol. The highest BCUT2D eigenvalue weighted by atomic mass is 16.6. The lowest BCUT2D eigenvalue weighted by atomic mass is 10.0. The van der Waals surface area contributed by atoms with Gasteiger partial charge in [0, 0.05) is 38.7 Å². The molecule has 3 rings (SSSR count). The van der Waals surface area contributed by atoms with Crippen LogP contribution in [0.25, 0.3) is 0 Å². The Labute approximate surface area is 136 Å². The van der Waals surface area contributed by atoms with Crippen molar-refractivity contribution in [2.45, 2.75) is 32.1 Å². The van der Waals surface area contributed by atoms with Crippen LogP contribution >= 0.6 is 0 Å². The summed E-state index contributed by atoms with van der Waals surface area (Å²) in [4.78, 5) is 27.1. The number of carbonyl (C=O) groups excluding carboxylic acids is 1. The molecule has 0 aromatic heterocycles. The summed E-state index contributed by atoms with van der Waals surface area (Å²) in [6.45, 7) is 2.61. The molecule has 0 unspecified atom stereocenters. The normalized spacial score (nSPS) is 19.1. The van der Waals surface area contributed by atoms with Crippen molar-refractivity contribution in [2.75, 3.05) is 31.1 Å². The SMILES string of the molecule is O=C(CC1CCCC1)N1CCN(c2ccccc2[N+](=O)[O-])CC1. The molecule has 23 heavy (non-hydrogen) atoms. The lowest BCUT2D eigenvalue weighted by Gasteiger charge is -2.36. The fourth-order valence-corrected chi connectivity index (χ4v) is 3.67. The van der Waals surface area contributed by atoms with Gasteiger partial charge in [-0.05, 0) is 24.8 Å². The molecule has 1 aromatic carbocycles. The van der Waals surface area contributed by atoms with Crippen LogP contribution < -0.4 is 4.90 Å². The summed E-state index contributed by atoms with van der Waals surface area (Å²) in [5.74, 6) is 0.815. The smallest absolute Gasteiger partial charge is 0.292 e. The van der Waals surface area contributed by atoms with E-state index in [0.29, 0.717) is 44.2 Å². The fraction of sp³-hybridized carbons (Fsp3) is 0.588. The molecule has 0 atom stereocenters. The molecule has 1 heterocycles. The number of nitrogens with zero attached hydrogens (tertiary/aromatic N) is 3. The van der Waals surface area contributed by atoms with E-state index in [2.05, 4.69) is 0 Å². The minimum absolute atomic E-state index is 0.137. The highest BCUT2D eigenvalue weighted by Crippen LogP contribution is 2.30. The van der Waals surface area contributed by atoms with E-state index in [1.807, 2.05) is 15.9 Å². The molecule has 2 fully saturated rings. The number of para-hydroxylation sites is 2. The Morgan fingerprint density at radius 3 is 2.43 bits per heavy atom. The Morgan fingerprint density at radius 1 is 1.13 bits per heavy atom. The van der Waals surface area contributed by atoms with Gasteiger partial charge in [0.15, 0.2) is 0 Å². The maximum Gasteiger partial charge on any atom is 0.292 e. The lowest BCUT2D eigenvalue weighted by molar-refractivity contribution is -0.384. The molecule has 1 aliphatic carbocycles. The van der Waals surface area contributed by atoms with Crippen LogP contribution in [0.5, 0.6) is 0 Å². The number of piperazine rings is 1. The van der Waals surface area contributed by atoms with Gasteiger partial charge in [0.05, 0.1) is 4.92 Å². The molecule has 0 spiro atoms. The third-order valence-corrected chi connectivity index (χ3v) is 4.99. The van der Waals surface area contributed by atoms with Gasteiger partial charge in [0.1, 0.15) is 5.69 Å². The number of hydrogen-bond donors (Lipinski definition) is 0. The molecule has 0 N–H and O–H groups in total. The number of anilines is 1. The average Bonchev–Trinajstić information content (AvgIpc) is 3.08. The minimum atomic E-state index is -0.340. The molecular formula is C17H23N3O3. The van der Waals surface area contributed by atoms with E-state index in [1.165, 1.54) is 31.7 Å². The van der Waals surface area contributed by atoms with Crippen LogP contribution in [0.2, 0.25) is 0 Å². The van der Waals surface area contributed by atoms with Crippen LogP contribution in [-0.2, 0) is 4.79 Å². The van der Waals surface area contributed by atoms with Gasteiger partial charge in [-0.15, -0.1) is 0 Å². The van der Waals surface area contributed by atoms with E-state index in [1.54, 1.807) is 12.1 Å². The monoisotopic (exact) mass is 317 g/mol. The van der Waals surface area contributed by atoms with Crippen molar-refractivity contribution in [1.29, 1.82) is 0 Å². The quantitative estimate of drug-likeness (QED) is 0.632. The Hall–Kier alpha value is -2.11. The fourth-order valence-electron chi connectivity index (χ4n) is 3.67. The molecule has 124 valence electrons. The van der Waals surface area contributed by atoms with Crippen LogP contribution in [0.3, 0.4) is 0 Å². The third kappa shape index (κ3) is 3.63. The predicted octanol–water partition coefficient (Wildman–Crippen LogP) is 2.82. The number of benzene rings is 1. The van der Waals surface area contributed by atoms with Gasteiger partial charge in [-0.3, -0.25) is 14.9 Å². The zero-order valence-electron chi connectivity index (χ0n) is 13.3. The Balaban J connectivity index is 1.58. The molecule has 2 aliphatic rings. The highest BCUT2D eigenvalue weighted by Gasteiger charge is 2.27. The Morgan fingerprint density at radius 2 is 1.78 bits per heavy atom. The molecule has 1 aromatic rings. The summed E-state index contributed by atoms with van der Waals surface area (Å²) in [5, 5.41) is 11.1. The Kier molecular flexibility index (Phi) is 4.79. The minimum Gasteiger partial charge on any atom is -0.362 e. The van der Waals surface area contributed by atoms with Crippen molar-refractivity contribution in [2.24, 2.45) is 5.92 Å².